The molecule has 0 bridgehead atoms. The number of hydrogen-bond donors (Lipinski definition) is 1. The van der Waals surface area contributed by atoms with Crippen molar-refractivity contribution in [2.45, 2.75) is 6.54 Å². The smallest absolute Gasteiger partial charge is 0.407 e. The van der Waals surface area contributed by atoms with Crippen LogP contribution in [-0.4, -0.2) is 57.3 Å². The summed E-state index contributed by atoms with van der Waals surface area (Å²) in [6.07, 6.45) is -0.865. The maximum Gasteiger partial charge on any atom is 0.407 e. The third kappa shape index (κ3) is 3.45. The van der Waals surface area contributed by atoms with Crippen LogP contribution in [0, 0.1) is 0 Å². The van der Waals surface area contributed by atoms with Crippen molar-refractivity contribution in [1.82, 2.24) is 19.9 Å². The molecule has 3 rings (SSSR count). The van der Waals surface area contributed by atoms with Gasteiger partial charge in [0, 0.05) is 36.2 Å². The van der Waals surface area contributed by atoms with Crippen molar-refractivity contribution in [2.75, 3.05) is 26.2 Å². The van der Waals surface area contributed by atoms with Gasteiger partial charge in [0.05, 0.1) is 6.54 Å². The molecular formula is C14H15BrN4O3. The van der Waals surface area contributed by atoms with E-state index in [1.165, 1.54) is 4.90 Å². The first-order valence-corrected chi connectivity index (χ1v) is 7.70. The summed E-state index contributed by atoms with van der Waals surface area (Å²) in [7, 11) is 0. The average Bonchev–Trinajstić information content (AvgIpc) is 2.96. The second-order valence-corrected chi connectivity index (χ2v) is 5.99. The molecule has 116 valence electrons. The minimum atomic E-state index is -0.865. The highest BCUT2D eigenvalue weighted by atomic mass is 79.9. The van der Waals surface area contributed by atoms with Crippen LogP contribution >= 0.6 is 15.9 Å². The Bertz CT molecular complexity index is 668. The lowest BCUT2D eigenvalue weighted by Crippen LogP contribution is -2.47. The predicted molar refractivity (Wildman–Crippen MR) is 82.3 cm³/mol. The monoisotopic (exact) mass is 366 g/mol. The molecule has 22 heavy (non-hydrogen) atoms. The average molecular weight is 367 g/mol. The van der Waals surface area contributed by atoms with Gasteiger partial charge in [-0.3, -0.25) is 4.90 Å². The van der Waals surface area contributed by atoms with Crippen LogP contribution in [0.1, 0.15) is 5.82 Å². The Morgan fingerprint density at radius 3 is 2.77 bits per heavy atom. The molecule has 1 saturated heterocycles. The van der Waals surface area contributed by atoms with Gasteiger partial charge in [0.25, 0.3) is 5.89 Å². The van der Waals surface area contributed by atoms with Gasteiger partial charge in [-0.1, -0.05) is 27.2 Å². The van der Waals surface area contributed by atoms with Crippen LogP contribution < -0.4 is 0 Å². The normalized spacial score (nSPS) is 16.0. The molecule has 0 radical (unpaired) electrons. The van der Waals surface area contributed by atoms with Gasteiger partial charge in [0.15, 0.2) is 5.82 Å². The molecule has 1 aromatic heterocycles. The minimum absolute atomic E-state index is 0.487. The number of aromatic nitrogens is 2. The minimum Gasteiger partial charge on any atom is -0.465 e. The Labute approximate surface area is 135 Å². The van der Waals surface area contributed by atoms with Crippen molar-refractivity contribution in [1.29, 1.82) is 0 Å². The van der Waals surface area contributed by atoms with Crippen molar-refractivity contribution < 1.29 is 14.4 Å². The van der Waals surface area contributed by atoms with E-state index in [1.807, 2.05) is 24.3 Å². The SMILES string of the molecule is O=C(O)N1CCN(Cc2noc(-c3cccc(Br)c3)n2)CC1. The highest BCUT2D eigenvalue weighted by Crippen LogP contribution is 2.21. The number of carboxylic acid groups (broad SMARTS) is 1. The van der Waals surface area contributed by atoms with E-state index in [0.717, 1.165) is 10.0 Å². The fourth-order valence-corrected chi connectivity index (χ4v) is 2.75. The van der Waals surface area contributed by atoms with Crippen molar-refractivity contribution >= 4 is 22.0 Å². The first kappa shape index (κ1) is 15.0. The molecule has 1 aromatic carbocycles. The molecular weight excluding hydrogens is 352 g/mol. The van der Waals surface area contributed by atoms with Crippen LogP contribution in [0.5, 0.6) is 0 Å². The molecule has 2 aromatic rings. The molecule has 1 N–H and O–H groups in total. The summed E-state index contributed by atoms with van der Waals surface area (Å²) in [5.41, 5.74) is 0.865. The standard InChI is InChI=1S/C14H15BrN4O3/c15-11-3-1-2-10(8-11)13-16-12(17-22-13)9-18-4-6-19(7-5-18)14(20)21/h1-3,8H,4-7,9H2,(H,20,21). The summed E-state index contributed by atoms with van der Waals surface area (Å²) in [6.45, 7) is 2.92. The lowest BCUT2D eigenvalue weighted by molar-refractivity contribution is 0.101. The Morgan fingerprint density at radius 1 is 1.32 bits per heavy atom. The van der Waals surface area contributed by atoms with E-state index in [1.54, 1.807) is 0 Å². The Hall–Kier alpha value is -1.93. The van der Waals surface area contributed by atoms with Gasteiger partial charge < -0.3 is 14.5 Å². The van der Waals surface area contributed by atoms with E-state index >= 15 is 0 Å². The zero-order valence-electron chi connectivity index (χ0n) is 11.8. The molecule has 7 nitrogen and oxygen atoms in total. The summed E-state index contributed by atoms with van der Waals surface area (Å²) in [5, 5.41) is 12.9. The lowest BCUT2D eigenvalue weighted by Gasteiger charge is -2.32. The van der Waals surface area contributed by atoms with Crippen LogP contribution in [0.15, 0.2) is 33.3 Å². The molecule has 1 fully saturated rings. The molecule has 0 atom stereocenters. The van der Waals surface area contributed by atoms with Crippen molar-refractivity contribution in [3.63, 3.8) is 0 Å². The number of hydrogen-bond acceptors (Lipinski definition) is 5. The number of halogens is 1. The van der Waals surface area contributed by atoms with Crippen LogP contribution in [0.3, 0.4) is 0 Å². The number of rotatable bonds is 3. The number of benzene rings is 1. The highest BCUT2D eigenvalue weighted by Gasteiger charge is 2.21. The second kappa shape index (κ2) is 6.45. The van der Waals surface area contributed by atoms with Gasteiger partial charge in [-0.2, -0.15) is 4.98 Å². The third-order valence-electron chi connectivity index (χ3n) is 3.55. The summed E-state index contributed by atoms with van der Waals surface area (Å²) in [5.74, 6) is 1.10. The molecule has 0 spiro atoms. The van der Waals surface area contributed by atoms with E-state index in [2.05, 4.69) is 31.0 Å². The maximum absolute atomic E-state index is 10.9. The largest absolute Gasteiger partial charge is 0.465 e. The topological polar surface area (TPSA) is 82.7 Å². The maximum atomic E-state index is 10.9. The summed E-state index contributed by atoms with van der Waals surface area (Å²) in [6, 6.07) is 7.67. The van der Waals surface area contributed by atoms with E-state index in [9.17, 15) is 4.79 Å². The molecule has 0 saturated carbocycles. The summed E-state index contributed by atoms with van der Waals surface area (Å²) in [4.78, 5) is 18.8. The van der Waals surface area contributed by atoms with Gasteiger partial charge in [-0.25, -0.2) is 4.79 Å². The number of amides is 1. The molecule has 1 aliphatic rings. The van der Waals surface area contributed by atoms with Gasteiger partial charge >= 0.3 is 6.09 Å². The third-order valence-corrected chi connectivity index (χ3v) is 4.04. The van der Waals surface area contributed by atoms with Crippen LogP contribution in [0.4, 0.5) is 4.79 Å². The van der Waals surface area contributed by atoms with E-state index in [0.29, 0.717) is 44.4 Å². The van der Waals surface area contributed by atoms with Crippen LogP contribution in [0.2, 0.25) is 0 Å². The van der Waals surface area contributed by atoms with Gasteiger partial charge in [0.1, 0.15) is 0 Å². The fourth-order valence-electron chi connectivity index (χ4n) is 2.35. The molecule has 8 heteroatoms. The quantitative estimate of drug-likeness (QED) is 0.897. The van der Waals surface area contributed by atoms with Gasteiger partial charge in [-0.05, 0) is 18.2 Å². The van der Waals surface area contributed by atoms with Crippen LogP contribution in [0.25, 0.3) is 11.5 Å². The second-order valence-electron chi connectivity index (χ2n) is 5.07. The Balaban J connectivity index is 1.62. The molecule has 1 aliphatic heterocycles. The Morgan fingerprint density at radius 2 is 2.09 bits per heavy atom. The predicted octanol–water partition coefficient (Wildman–Crippen LogP) is 2.29. The first-order valence-electron chi connectivity index (χ1n) is 6.90. The van der Waals surface area contributed by atoms with E-state index in [-0.39, 0.29) is 0 Å². The van der Waals surface area contributed by atoms with Crippen molar-refractivity contribution in [3.05, 3.63) is 34.6 Å². The zero-order valence-corrected chi connectivity index (χ0v) is 13.4. The Kier molecular flexibility index (Phi) is 4.39. The summed E-state index contributed by atoms with van der Waals surface area (Å²) < 4.78 is 6.25. The van der Waals surface area contributed by atoms with Gasteiger partial charge in [0.2, 0.25) is 0 Å². The van der Waals surface area contributed by atoms with Crippen molar-refractivity contribution in [2.24, 2.45) is 0 Å². The fraction of sp³-hybridized carbons (Fsp3) is 0.357. The molecule has 0 unspecified atom stereocenters. The zero-order chi connectivity index (χ0) is 15.5. The van der Waals surface area contributed by atoms with E-state index < -0.39 is 6.09 Å². The highest BCUT2D eigenvalue weighted by molar-refractivity contribution is 9.10. The lowest BCUT2D eigenvalue weighted by atomic mass is 10.2. The number of carbonyl (C=O) groups is 1. The molecule has 2 heterocycles. The molecule has 0 aliphatic carbocycles. The first-order chi connectivity index (χ1) is 10.6. The van der Waals surface area contributed by atoms with E-state index in [4.69, 9.17) is 9.63 Å². The molecule has 1 amide bonds. The number of nitrogens with zero attached hydrogens (tertiary/aromatic N) is 4. The number of piperazine rings is 1. The summed E-state index contributed by atoms with van der Waals surface area (Å²) >= 11 is 3.41. The van der Waals surface area contributed by atoms with Gasteiger partial charge in [-0.15, -0.1) is 0 Å². The van der Waals surface area contributed by atoms with Crippen molar-refractivity contribution in [3.8, 4) is 11.5 Å². The van der Waals surface area contributed by atoms with Crippen LogP contribution in [-0.2, 0) is 6.54 Å².